The molecule has 0 aromatic heterocycles. The van der Waals surface area contributed by atoms with Gasteiger partial charge in [0.15, 0.2) is 0 Å². The number of halogens is 2. The topological polar surface area (TPSA) is 30.5 Å². The molecule has 20 heavy (non-hydrogen) atoms. The largest absolute Gasteiger partial charge is 0.497 e. The Bertz CT molecular complexity index is 604. The molecule has 0 radical (unpaired) electrons. The quantitative estimate of drug-likeness (QED) is 0.884. The van der Waals surface area contributed by atoms with Crippen LogP contribution < -0.4 is 14.8 Å². The second-order valence-corrected chi connectivity index (χ2v) is 5.02. The average molecular weight is 340 g/mol. The van der Waals surface area contributed by atoms with Crippen molar-refractivity contribution in [2.24, 2.45) is 0 Å². The molecule has 0 atom stereocenters. The van der Waals surface area contributed by atoms with Crippen molar-refractivity contribution in [3.05, 3.63) is 52.3 Å². The summed E-state index contributed by atoms with van der Waals surface area (Å²) in [6, 6.07) is 10.5. The molecular weight excluding hydrogens is 325 g/mol. The van der Waals surface area contributed by atoms with Crippen LogP contribution in [0, 0.1) is 5.82 Å². The molecule has 0 amide bonds. The molecule has 0 aliphatic rings. The number of benzene rings is 2. The lowest BCUT2D eigenvalue weighted by molar-refractivity contribution is 0.395. The van der Waals surface area contributed by atoms with E-state index in [9.17, 15) is 4.39 Å². The van der Waals surface area contributed by atoms with Crippen LogP contribution in [0.15, 0.2) is 40.9 Å². The third-order valence-electron chi connectivity index (χ3n) is 2.88. The highest BCUT2D eigenvalue weighted by molar-refractivity contribution is 9.10. The van der Waals surface area contributed by atoms with Crippen LogP contribution in [-0.4, -0.2) is 14.2 Å². The zero-order valence-corrected chi connectivity index (χ0v) is 12.8. The Hall–Kier alpha value is -1.75. The lowest BCUT2D eigenvalue weighted by atomic mass is 10.2. The van der Waals surface area contributed by atoms with E-state index in [0.29, 0.717) is 16.8 Å². The molecule has 106 valence electrons. The first kappa shape index (κ1) is 14.7. The van der Waals surface area contributed by atoms with Crippen LogP contribution in [0.5, 0.6) is 11.5 Å². The minimum atomic E-state index is -0.272. The molecule has 0 aliphatic carbocycles. The van der Waals surface area contributed by atoms with E-state index in [0.717, 1.165) is 17.0 Å². The fraction of sp³-hybridized carbons (Fsp3) is 0.200. The van der Waals surface area contributed by atoms with E-state index in [1.807, 2.05) is 18.2 Å². The molecule has 0 fully saturated rings. The number of anilines is 1. The van der Waals surface area contributed by atoms with Crippen LogP contribution in [-0.2, 0) is 6.54 Å². The van der Waals surface area contributed by atoms with E-state index < -0.39 is 0 Å². The first-order valence-electron chi connectivity index (χ1n) is 6.04. The summed E-state index contributed by atoms with van der Waals surface area (Å²) in [5, 5.41) is 3.22. The maximum atomic E-state index is 13.4. The minimum Gasteiger partial charge on any atom is -0.497 e. The van der Waals surface area contributed by atoms with Gasteiger partial charge in [-0.2, -0.15) is 0 Å². The third-order valence-corrected chi connectivity index (χ3v) is 3.52. The molecule has 2 aromatic carbocycles. The van der Waals surface area contributed by atoms with E-state index >= 15 is 0 Å². The fourth-order valence-electron chi connectivity index (χ4n) is 1.79. The van der Waals surface area contributed by atoms with Crippen LogP contribution in [0.3, 0.4) is 0 Å². The number of rotatable bonds is 5. The third kappa shape index (κ3) is 3.42. The van der Waals surface area contributed by atoms with Gasteiger partial charge in [-0.15, -0.1) is 0 Å². The Morgan fingerprint density at radius 2 is 1.90 bits per heavy atom. The smallest absolute Gasteiger partial charge is 0.145 e. The van der Waals surface area contributed by atoms with Crippen LogP contribution in [0.2, 0.25) is 0 Å². The summed E-state index contributed by atoms with van der Waals surface area (Å²) >= 11 is 3.13. The zero-order chi connectivity index (χ0) is 14.5. The molecule has 5 heteroatoms. The van der Waals surface area contributed by atoms with Crippen molar-refractivity contribution < 1.29 is 13.9 Å². The second-order valence-electron chi connectivity index (χ2n) is 4.17. The maximum Gasteiger partial charge on any atom is 0.145 e. The molecule has 3 nitrogen and oxygen atoms in total. The number of ether oxygens (including phenoxy) is 2. The highest BCUT2D eigenvalue weighted by Crippen LogP contribution is 2.29. The van der Waals surface area contributed by atoms with E-state index in [-0.39, 0.29) is 5.82 Å². The highest BCUT2D eigenvalue weighted by atomic mass is 79.9. The molecule has 0 unspecified atom stereocenters. The Balaban J connectivity index is 2.12. The summed E-state index contributed by atoms with van der Waals surface area (Å²) in [7, 11) is 3.20. The van der Waals surface area contributed by atoms with Gasteiger partial charge in [0, 0.05) is 12.6 Å². The number of hydrogen-bond donors (Lipinski definition) is 1. The monoisotopic (exact) mass is 339 g/mol. The standard InChI is InChI=1S/C15H15BrFNO2/c1-19-11-4-6-14(15(8-11)20-2)18-9-10-3-5-12(16)13(17)7-10/h3-8,18H,9H2,1-2H3. The van der Waals surface area contributed by atoms with Gasteiger partial charge in [0.25, 0.3) is 0 Å². The van der Waals surface area contributed by atoms with Crippen molar-refractivity contribution in [3.8, 4) is 11.5 Å². The summed E-state index contributed by atoms with van der Waals surface area (Å²) in [5.74, 6) is 1.13. The van der Waals surface area contributed by atoms with Gasteiger partial charge in [0.1, 0.15) is 17.3 Å². The van der Waals surface area contributed by atoms with Gasteiger partial charge in [-0.05, 0) is 45.8 Å². The zero-order valence-electron chi connectivity index (χ0n) is 11.2. The fourth-order valence-corrected chi connectivity index (χ4v) is 2.04. The SMILES string of the molecule is COc1ccc(NCc2ccc(Br)c(F)c2)c(OC)c1. The van der Waals surface area contributed by atoms with Crippen molar-refractivity contribution in [1.82, 2.24) is 0 Å². The minimum absolute atomic E-state index is 0.272. The normalized spacial score (nSPS) is 10.2. The van der Waals surface area contributed by atoms with E-state index in [4.69, 9.17) is 9.47 Å². The predicted octanol–water partition coefficient (Wildman–Crippen LogP) is 4.22. The van der Waals surface area contributed by atoms with Crippen LogP contribution >= 0.6 is 15.9 Å². The van der Waals surface area contributed by atoms with E-state index in [2.05, 4.69) is 21.2 Å². The van der Waals surface area contributed by atoms with E-state index in [1.54, 1.807) is 26.4 Å². The molecule has 2 aromatic rings. The van der Waals surface area contributed by atoms with E-state index in [1.165, 1.54) is 6.07 Å². The van der Waals surface area contributed by atoms with Gasteiger partial charge in [0.05, 0.1) is 24.4 Å². The summed E-state index contributed by atoms with van der Waals surface area (Å²) in [4.78, 5) is 0. The number of hydrogen-bond acceptors (Lipinski definition) is 3. The lowest BCUT2D eigenvalue weighted by Gasteiger charge is -2.12. The van der Waals surface area contributed by atoms with Gasteiger partial charge in [0.2, 0.25) is 0 Å². The molecular formula is C15H15BrFNO2. The molecule has 0 aliphatic heterocycles. The highest BCUT2D eigenvalue weighted by Gasteiger charge is 2.06. The lowest BCUT2D eigenvalue weighted by Crippen LogP contribution is -2.02. The second kappa shape index (κ2) is 6.61. The summed E-state index contributed by atoms with van der Waals surface area (Å²) < 4.78 is 24.3. The van der Waals surface area contributed by atoms with Gasteiger partial charge < -0.3 is 14.8 Å². The number of nitrogens with one attached hydrogen (secondary N) is 1. The Kier molecular flexibility index (Phi) is 4.84. The van der Waals surface area contributed by atoms with Crippen LogP contribution in [0.1, 0.15) is 5.56 Å². The van der Waals surface area contributed by atoms with Crippen molar-refractivity contribution in [3.63, 3.8) is 0 Å². The first-order valence-corrected chi connectivity index (χ1v) is 6.83. The molecule has 0 heterocycles. The van der Waals surface area contributed by atoms with Gasteiger partial charge >= 0.3 is 0 Å². The van der Waals surface area contributed by atoms with Crippen molar-refractivity contribution in [1.29, 1.82) is 0 Å². The molecule has 0 saturated heterocycles. The Morgan fingerprint density at radius 3 is 2.55 bits per heavy atom. The predicted molar refractivity (Wildman–Crippen MR) is 81.0 cm³/mol. The summed E-state index contributed by atoms with van der Waals surface area (Å²) in [5.41, 5.74) is 1.68. The van der Waals surface area contributed by atoms with Crippen molar-refractivity contribution >= 4 is 21.6 Å². The summed E-state index contributed by atoms with van der Waals surface area (Å²) in [6.07, 6.45) is 0. The maximum absolute atomic E-state index is 13.4. The van der Waals surface area contributed by atoms with Crippen molar-refractivity contribution in [2.45, 2.75) is 6.54 Å². The Labute approximate surface area is 125 Å². The van der Waals surface area contributed by atoms with Crippen molar-refractivity contribution in [2.75, 3.05) is 19.5 Å². The molecule has 0 bridgehead atoms. The average Bonchev–Trinajstić information content (AvgIpc) is 2.48. The van der Waals surface area contributed by atoms with Crippen LogP contribution in [0.25, 0.3) is 0 Å². The molecule has 2 rings (SSSR count). The molecule has 0 spiro atoms. The number of methoxy groups -OCH3 is 2. The van der Waals surface area contributed by atoms with Gasteiger partial charge in [-0.3, -0.25) is 0 Å². The van der Waals surface area contributed by atoms with Crippen LogP contribution in [0.4, 0.5) is 10.1 Å². The van der Waals surface area contributed by atoms with Gasteiger partial charge in [-0.1, -0.05) is 6.07 Å². The first-order chi connectivity index (χ1) is 9.63. The summed E-state index contributed by atoms with van der Waals surface area (Å²) in [6.45, 7) is 0.507. The molecule has 0 saturated carbocycles. The van der Waals surface area contributed by atoms with Gasteiger partial charge in [-0.25, -0.2) is 4.39 Å². The Morgan fingerprint density at radius 1 is 1.10 bits per heavy atom. The molecule has 1 N–H and O–H groups in total.